The maximum absolute atomic E-state index is 3.58. The second-order valence-electron chi connectivity index (χ2n) is 5.42. The summed E-state index contributed by atoms with van der Waals surface area (Å²) in [5.41, 5.74) is 2.10. The molecule has 1 saturated heterocycles. The van der Waals surface area contributed by atoms with Crippen molar-refractivity contribution < 1.29 is 0 Å². The first-order valence-electron chi connectivity index (χ1n) is 6.68. The van der Waals surface area contributed by atoms with Gasteiger partial charge in [0.2, 0.25) is 0 Å². The molecule has 1 saturated carbocycles. The van der Waals surface area contributed by atoms with Crippen LogP contribution < -0.4 is 5.32 Å². The van der Waals surface area contributed by atoms with Crippen molar-refractivity contribution in [2.24, 2.45) is 5.92 Å². The van der Waals surface area contributed by atoms with Crippen LogP contribution in [0.15, 0.2) is 30.3 Å². The molecule has 86 valence electrons. The Bertz CT molecular complexity index is 332. The van der Waals surface area contributed by atoms with Gasteiger partial charge in [-0.25, -0.2) is 0 Å². The SMILES string of the molecule is c1ccc([C@@]23CCCC[C@@H]2CNCC3)cc1. The van der Waals surface area contributed by atoms with Crippen molar-refractivity contribution in [2.75, 3.05) is 13.1 Å². The fourth-order valence-electron chi connectivity index (χ4n) is 3.82. The van der Waals surface area contributed by atoms with E-state index in [1.807, 2.05) is 0 Å². The first-order chi connectivity index (χ1) is 7.92. The van der Waals surface area contributed by atoms with E-state index in [0.29, 0.717) is 5.41 Å². The Morgan fingerprint density at radius 1 is 1.06 bits per heavy atom. The third-order valence-corrected chi connectivity index (χ3v) is 4.69. The molecule has 1 nitrogen and oxygen atoms in total. The van der Waals surface area contributed by atoms with Crippen molar-refractivity contribution in [1.82, 2.24) is 5.32 Å². The fraction of sp³-hybridized carbons (Fsp3) is 0.600. The van der Waals surface area contributed by atoms with Gasteiger partial charge in [0.05, 0.1) is 0 Å². The normalized spacial score (nSPS) is 34.4. The maximum atomic E-state index is 3.58. The largest absolute Gasteiger partial charge is 0.316 e. The lowest BCUT2D eigenvalue weighted by molar-refractivity contribution is 0.137. The van der Waals surface area contributed by atoms with E-state index in [1.165, 1.54) is 45.2 Å². The van der Waals surface area contributed by atoms with Crippen molar-refractivity contribution in [2.45, 2.75) is 37.5 Å². The van der Waals surface area contributed by atoms with Crippen LogP contribution >= 0.6 is 0 Å². The van der Waals surface area contributed by atoms with E-state index in [4.69, 9.17) is 0 Å². The summed E-state index contributed by atoms with van der Waals surface area (Å²) in [7, 11) is 0. The first kappa shape index (κ1) is 10.3. The number of hydrogen-bond donors (Lipinski definition) is 1. The highest BCUT2D eigenvalue weighted by atomic mass is 14.9. The number of rotatable bonds is 1. The molecule has 0 radical (unpaired) electrons. The van der Waals surface area contributed by atoms with Gasteiger partial charge in [0.1, 0.15) is 0 Å². The van der Waals surface area contributed by atoms with Gasteiger partial charge in [-0.1, -0.05) is 43.2 Å². The number of hydrogen-bond acceptors (Lipinski definition) is 1. The van der Waals surface area contributed by atoms with Gasteiger partial charge in [-0.3, -0.25) is 0 Å². The summed E-state index contributed by atoms with van der Waals surface area (Å²) in [6.07, 6.45) is 7.01. The monoisotopic (exact) mass is 215 g/mol. The molecule has 1 N–H and O–H groups in total. The van der Waals surface area contributed by atoms with Crippen LogP contribution in [0.2, 0.25) is 0 Å². The Morgan fingerprint density at radius 2 is 1.94 bits per heavy atom. The summed E-state index contributed by atoms with van der Waals surface area (Å²) >= 11 is 0. The van der Waals surface area contributed by atoms with Gasteiger partial charge < -0.3 is 5.32 Å². The summed E-state index contributed by atoms with van der Waals surface area (Å²) in [6.45, 7) is 2.43. The lowest BCUT2D eigenvalue weighted by Crippen LogP contribution is -2.49. The van der Waals surface area contributed by atoms with Crippen LogP contribution in [0.1, 0.15) is 37.7 Å². The molecular weight excluding hydrogens is 194 g/mol. The van der Waals surface area contributed by atoms with Gasteiger partial charge in [0.15, 0.2) is 0 Å². The van der Waals surface area contributed by atoms with Crippen molar-refractivity contribution in [1.29, 1.82) is 0 Å². The van der Waals surface area contributed by atoms with Crippen LogP contribution in [-0.2, 0) is 5.41 Å². The zero-order chi connectivity index (χ0) is 10.8. The molecule has 1 heteroatoms. The highest BCUT2D eigenvalue weighted by Gasteiger charge is 2.43. The molecule has 0 bridgehead atoms. The van der Waals surface area contributed by atoms with E-state index in [1.54, 1.807) is 5.56 Å². The van der Waals surface area contributed by atoms with Gasteiger partial charge in [-0.2, -0.15) is 0 Å². The van der Waals surface area contributed by atoms with Crippen molar-refractivity contribution in [3.8, 4) is 0 Å². The molecule has 0 aromatic heterocycles. The van der Waals surface area contributed by atoms with Crippen LogP contribution in [0.3, 0.4) is 0 Å². The summed E-state index contributed by atoms with van der Waals surface area (Å²) in [5, 5.41) is 3.58. The first-order valence-corrected chi connectivity index (χ1v) is 6.68. The lowest BCUT2D eigenvalue weighted by Gasteiger charge is -2.48. The fourth-order valence-corrected chi connectivity index (χ4v) is 3.82. The summed E-state index contributed by atoms with van der Waals surface area (Å²) < 4.78 is 0. The van der Waals surface area contributed by atoms with E-state index >= 15 is 0 Å². The second-order valence-corrected chi connectivity index (χ2v) is 5.42. The van der Waals surface area contributed by atoms with Crippen LogP contribution in [0.5, 0.6) is 0 Å². The average molecular weight is 215 g/mol. The molecule has 2 fully saturated rings. The van der Waals surface area contributed by atoms with E-state index in [9.17, 15) is 0 Å². The minimum Gasteiger partial charge on any atom is -0.316 e. The predicted octanol–water partition coefficient (Wildman–Crippen LogP) is 3.11. The van der Waals surface area contributed by atoms with E-state index in [2.05, 4.69) is 35.6 Å². The van der Waals surface area contributed by atoms with Gasteiger partial charge in [0, 0.05) is 5.41 Å². The molecule has 3 rings (SSSR count). The maximum Gasteiger partial charge on any atom is 0.000537 e. The number of nitrogens with one attached hydrogen (secondary N) is 1. The van der Waals surface area contributed by atoms with E-state index < -0.39 is 0 Å². The number of fused-ring (bicyclic) bond motifs is 1. The number of piperidine rings is 1. The Kier molecular flexibility index (Phi) is 2.72. The third-order valence-electron chi connectivity index (χ3n) is 4.69. The lowest BCUT2D eigenvalue weighted by atomic mass is 9.59. The topological polar surface area (TPSA) is 12.0 Å². The molecule has 1 aliphatic carbocycles. The molecule has 0 amide bonds. The third kappa shape index (κ3) is 1.58. The van der Waals surface area contributed by atoms with Gasteiger partial charge in [-0.15, -0.1) is 0 Å². The van der Waals surface area contributed by atoms with Crippen molar-refractivity contribution in [3.05, 3.63) is 35.9 Å². The quantitative estimate of drug-likeness (QED) is 0.759. The van der Waals surface area contributed by atoms with Crippen molar-refractivity contribution in [3.63, 3.8) is 0 Å². The minimum atomic E-state index is 0.505. The molecular formula is C15H21N. The highest BCUT2D eigenvalue weighted by molar-refractivity contribution is 5.28. The smallest absolute Gasteiger partial charge is 0.000537 e. The molecule has 1 aromatic rings. The summed E-state index contributed by atoms with van der Waals surface area (Å²) in [5.74, 6) is 0.873. The molecule has 2 aliphatic rings. The van der Waals surface area contributed by atoms with Gasteiger partial charge in [0.25, 0.3) is 0 Å². The second kappa shape index (κ2) is 4.21. The Balaban J connectivity index is 1.98. The van der Waals surface area contributed by atoms with Crippen LogP contribution in [0.25, 0.3) is 0 Å². The average Bonchev–Trinajstić information content (AvgIpc) is 2.40. The van der Waals surface area contributed by atoms with Crippen LogP contribution in [0, 0.1) is 5.92 Å². The molecule has 0 spiro atoms. The van der Waals surface area contributed by atoms with Gasteiger partial charge >= 0.3 is 0 Å². The summed E-state index contributed by atoms with van der Waals surface area (Å²) in [6, 6.07) is 11.3. The molecule has 0 unspecified atom stereocenters. The molecule has 1 aliphatic heterocycles. The molecule has 16 heavy (non-hydrogen) atoms. The van der Waals surface area contributed by atoms with Crippen molar-refractivity contribution >= 4 is 0 Å². The predicted molar refractivity (Wildman–Crippen MR) is 67.6 cm³/mol. The molecule has 1 aromatic carbocycles. The standard InChI is InChI=1S/C15H21N/c1-2-6-13(7-3-1)15-9-5-4-8-14(15)12-16-11-10-15/h1-3,6-7,14,16H,4-5,8-12H2/t14-,15+/m1/s1. The zero-order valence-corrected chi connectivity index (χ0v) is 9.91. The van der Waals surface area contributed by atoms with Crippen LogP contribution in [0.4, 0.5) is 0 Å². The Labute approximate surface area is 98.3 Å². The molecule has 2 atom stereocenters. The molecule has 1 heterocycles. The zero-order valence-electron chi connectivity index (χ0n) is 9.91. The Morgan fingerprint density at radius 3 is 2.81 bits per heavy atom. The van der Waals surface area contributed by atoms with Crippen LogP contribution in [-0.4, -0.2) is 13.1 Å². The van der Waals surface area contributed by atoms with E-state index in [0.717, 1.165) is 5.92 Å². The Hall–Kier alpha value is -0.820. The number of benzene rings is 1. The highest BCUT2D eigenvalue weighted by Crippen LogP contribution is 2.47. The van der Waals surface area contributed by atoms with Gasteiger partial charge in [-0.05, 0) is 43.8 Å². The van der Waals surface area contributed by atoms with E-state index in [-0.39, 0.29) is 0 Å². The minimum absolute atomic E-state index is 0.505. The summed E-state index contributed by atoms with van der Waals surface area (Å²) in [4.78, 5) is 0.